The van der Waals surface area contributed by atoms with E-state index in [2.05, 4.69) is 33.2 Å². The number of pyridine rings is 1. The first-order chi connectivity index (χ1) is 9.11. The van der Waals surface area contributed by atoms with E-state index in [9.17, 15) is 4.79 Å². The van der Waals surface area contributed by atoms with E-state index in [4.69, 9.17) is 0 Å². The summed E-state index contributed by atoms with van der Waals surface area (Å²) in [6.45, 7) is 4.84. The number of carbonyl (C=O) groups excluding carboxylic acids is 1. The third-order valence-corrected chi connectivity index (χ3v) is 3.24. The molecule has 100 valence electrons. The zero-order valence-electron chi connectivity index (χ0n) is 11.0. The van der Waals surface area contributed by atoms with Gasteiger partial charge < -0.3 is 9.88 Å². The van der Waals surface area contributed by atoms with Crippen LogP contribution in [0.1, 0.15) is 29.4 Å². The van der Waals surface area contributed by atoms with Gasteiger partial charge in [0.1, 0.15) is 11.5 Å². The number of hydrogen-bond donors (Lipinski definition) is 1. The Morgan fingerprint density at radius 1 is 1.53 bits per heavy atom. The molecule has 2 rings (SSSR count). The molecule has 0 saturated heterocycles. The highest BCUT2D eigenvalue weighted by Crippen LogP contribution is 2.17. The number of amides is 1. The van der Waals surface area contributed by atoms with Crippen LogP contribution >= 0.6 is 15.9 Å². The molecule has 2 aromatic heterocycles. The Bertz CT molecular complexity index is 592. The number of nitrogens with zero attached hydrogens (tertiary/aromatic N) is 2. The minimum absolute atomic E-state index is 0.128. The van der Waals surface area contributed by atoms with Crippen molar-refractivity contribution in [3.05, 3.63) is 46.3 Å². The largest absolute Gasteiger partial charge is 0.344 e. The molecule has 0 saturated carbocycles. The van der Waals surface area contributed by atoms with Crippen molar-refractivity contribution in [2.45, 2.75) is 26.8 Å². The lowest BCUT2D eigenvalue weighted by molar-refractivity contribution is 0.101. The molecular formula is C14H16BrN3O. The van der Waals surface area contributed by atoms with E-state index in [1.165, 1.54) is 0 Å². The van der Waals surface area contributed by atoms with Crippen molar-refractivity contribution in [2.24, 2.45) is 0 Å². The molecule has 1 amide bonds. The summed E-state index contributed by atoms with van der Waals surface area (Å²) < 4.78 is 2.85. The van der Waals surface area contributed by atoms with Crippen molar-refractivity contribution >= 4 is 27.7 Å². The van der Waals surface area contributed by atoms with Crippen molar-refractivity contribution < 1.29 is 4.79 Å². The zero-order valence-corrected chi connectivity index (χ0v) is 12.6. The third kappa shape index (κ3) is 3.23. The fourth-order valence-electron chi connectivity index (χ4n) is 1.90. The van der Waals surface area contributed by atoms with Gasteiger partial charge in [-0.15, -0.1) is 0 Å². The summed E-state index contributed by atoms with van der Waals surface area (Å²) in [4.78, 5) is 16.4. The first kappa shape index (κ1) is 13.8. The predicted molar refractivity (Wildman–Crippen MR) is 79.4 cm³/mol. The van der Waals surface area contributed by atoms with Crippen molar-refractivity contribution in [1.29, 1.82) is 0 Å². The quantitative estimate of drug-likeness (QED) is 0.934. The van der Waals surface area contributed by atoms with Crippen LogP contribution in [0.2, 0.25) is 0 Å². The molecule has 0 bridgehead atoms. The molecule has 4 nitrogen and oxygen atoms in total. The second-order valence-corrected chi connectivity index (χ2v) is 5.28. The average Bonchev–Trinajstić information content (AvgIpc) is 2.81. The Kier molecular flexibility index (Phi) is 4.37. The van der Waals surface area contributed by atoms with Crippen molar-refractivity contribution in [3.63, 3.8) is 0 Å². The number of halogens is 1. The van der Waals surface area contributed by atoms with Crippen LogP contribution in [-0.4, -0.2) is 15.5 Å². The highest BCUT2D eigenvalue weighted by Gasteiger charge is 2.12. The fourth-order valence-corrected chi connectivity index (χ4v) is 2.34. The van der Waals surface area contributed by atoms with E-state index in [1.807, 2.05) is 35.9 Å². The topological polar surface area (TPSA) is 46.9 Å². The first-order valence-electron chi connectivity index (χ1n) is 6.20. The maximum absolute atomic E-state index is 12.2. The van der Waals surface area contributed by atoms with Crippen LogP contribution < -0.4 is 5.32 Å². The number of aromatic nitrogens is 2. The molecule has 19 heavy (non-hydrogen) atoms. The van der Waals surface area contributed by atoms with Crippen LogP contribution in [-0.2, 0) is 6.54 Å². The third-order valence-electron chi connectivity index (χ3n) is 2.80. The molecular weight excluding hydrogens is 306 g/mol. The van der Waals surface area contributed by atoms with Gasteiger partial charge in [0.15, 0.2) is 0 Å². The second-order valence-electron chi connectivity index (χ2n) is 4.36. The van der Waals surface area contributed by atoms with Gasteiger partial charge in [-0.3, -0.25) is 4.79 Å². The lowest BCUT2D eigenvalue weighted by atomic mass is 10.3. The Morgan fingerprint density at radius 3 is 3.00 bits per heavy atom. The van der Waals surface area contributed by atoms with E-state index in [0.717, 1.165) is 23.0 Å². The highest BCUT2D eigenvalue weighted by atomic mass is 79.9. The smallest absolute Gasteiger partial charge is 0.273 e. The second kappa shape index (κ2) is 6.02. The number of anilines is 1. The van der Waals surface area contributed by atoms with E-state index < -0.39 is 0 Å². The van der Waals surface area contributed by atoms with Gasteiger partial charge in [0.05, 0.1) is 0 Å². The maximum atomic E-state index is 12.2. The Morgan fingerprint density at radius 2 is 2.32 bits per heavy atom. The SMILES string of the molecule is CCCn1cccc1C(=O)Nc1ncc(Br)cc1C. The Labute approximate surface area is 121 Å². The van der Waals surface area contributed by atoms with Gasteiger partial charge in [0, 0.05) is 23.4 Å². The monoisotopic (exact) mass is 321 g/mol. The van der Waals surface area contributed by atoms with Crippen LogP contribution in [0.5, 0.6) is 0 Å². The number of aryl methyl sites for hydroxylation is 2. The summed E-state index contributed by atoms with van der Waals surface area (Å²) in [6.07, 6.45) is 4.58. The molecule has 0 radical (unpaired) electrons. The molecule has 0 aliphatic carbocycles. The van der Waals surface area contributed by atoms with Crippen LogP contribution in [0, 0.1) is 6.92 Å². The minimum atomic E-state index is -0.128. The molecule has 2 aromatic rings. The van der Waals surface area contributed by atoms with Gasteiger partial charge in [0.2, 0.25) is 0 Å². The van der Waals surface area contributed by atoms with Crippen molar-refractivity contribution in [1.82, 2.24) is 9.55 Å². The standard InChI is InChI=1S/C14H16BrN3O/c1-3-6-18-7-4-5-12(18)14(19)17-13-10(2)8-11(15)9-16-13/h4-5,7-9H,3,6H2,1-2H3,(H,16,17,19). The van der Waals surface area contributed by atoms with E-state index in [1.54, 1.807) is 6.20 Å². The van der Waals surface area contributed by atoms with Crippen molar-refractivity contribution in [3.8, 4) is 0 Å². The van der Waals surface area contributed by atoms with Gasteiger partial charge >= 0.3 is 0 Å². The van der Waals surface area contributed by atoms with Gasteiger partial charge in [-0.1, -0.05) is 6.92 Å². The molecule has 0 atom stereocenters. The van der Waals surface area contributed by atoms with E-state index in [-0.39, 0.29) is 5.91 Å². The van der Waals surface area contributed by atoms with Crippen molar-refractivity contribution in [2.75, 3.05) is 5.32 Å². The van der Waals surface area contributed by atoms with Gasteiger partial charge in [-0.25, -0.2) is 4.98 Å². The normalized spacial score (nSPS) is 10.5. The Balaban J connectivity index is 2.18. The predicted octanol–water partition coefficient (Wildman–Crippen LogP) is 3.62. The lowest BCUT2D eigenvalue weighted by Crippen LogP contribution is -2.18. The number of nitrogens with one attached hydrogen (secondary N) is 1. The summed E-state index contributed by atoms with van der Waals surface area (Å²) in [7, 11) is 0. The molecule has 1 N–H and O–H groups in total. The minimum Gasteiger partial charge on any atom is -0.344 e. The molecule has 0 spiro atoms. The first-order valence-corrected chi connectivity index (χ1v) is 6.99. The number of hydrogen-bond acceptors (Lipinski definition) is 2. The summed E-state index contributed by atoms with van der Waals surface area (Å²) in [5.74, 6) is 0.467. The van der Waals surface area contributed by atoms with Gasteiger partial charge in [-0.05, 0) is 53.0 Å². The molecule has 0 unspecified atom stereocenters. The van der Waals surface area contributed by atoms with Gasteiger partial charge in [-0.2, -0.15) is 0 Å². The van der Waals surface area contributed by atoms with Crippen LogP contribution in [0.4, 0.5) is 5.82 Å². The number of rotatable bonds is 4. The van der Waals surface area contributed by atoms with E-state index in [0.29, 0.717) is 11.5 Å². The van der Waals surface area contributed by atoms with Crippen LogP contribution in [0.3, 0.4) is 0 Å². The van der Waals surface area contributed by atoms with Crippen LogP contribution in [0.15, 0.2) is 35.1 Å². The summed E-state index contributed by atoms with van der Waals surface area (Å²) in [5.41, 5.74) is 1.59. The highest BCUT2D eigenvalue weighted by molar-refractivity contribution is 9.10. The molecule has 0 aliphatic rings. The molecule has 0 fully saturated rings. The fraction of sp³-hybridized carbons (Fsp3) is 0.286. The maximum Gasteiger partial charge on any atom is 0.273 e. The summed E-state index contributed by atoms with van der Waals surface area (Å²) in [6, 6.07) is 5.62. The number of carbonyl (C=O) groups is 1. The summed E-state index contributed by atoms with van der Waals surface area (Å²) >= 11 is 3.35. The lowest BCUT2D eigenvalue weighted by Gasteiger charge is -2.10. The molecule has 0 aliphatic heterocycles. The van der Waals surface area contributed by atoms with Crippen LogP contribution in [0.25, 0.3) is 0 Å². The molecule has 0 aromatic carbocycles. The molecule has 2 heterocycles. The molecule has 5 heteroatoms. The summed E-state index contributed by atoms with van der Waals surface area (Å²) in [5, 5.41) is 2.85. The van der Waals surface area contributed by atoms with Gasteiger partial charge in [0.25, 0.3) is 5.91 Å². The zero-order chi connectivity index (χ0) is 13.8. The Hall–Kier alpha value is -1.62. The average molecular weight is 322 g/mol. The van der Waals surface area contributed by atoms with E-state index >= 15 is 0 Å².